The summed E-state index contributed by atoms with van der Waals surface area (Å²) in [4.78, 5) is 2.54. The molecule has 1 aliphatic rings. The maximum atomic E-state index is 5.55. The summed E-state index contributed by atoms with van der Waals surface area (Å²) < 4.78 is 5.55. The lowest BCUT2D eigenvalue weighted by molar-refractivity contribution is 0.300. The first kappa shape index (κ1) is 14.2. The molecule has 19 heavy (non-hydrogen) atoms. The Bertz CT molecular complexity index is 381. The van der Waals surface area contributed by atoms with E-state index < -0.39 is 0 Å². The first-order valence-corrected chi connectivity index (χ1v) is 7.53. The Morgan fingerprint density at radius 1 is 1.26 bits per heavy atom. The van der Waals surface area contributed by atoms with Crippen LogP contribution in [-0.2, 0) is 0 Å². The van der Waals surface area contributed by atoms with Gasteiger partial charge in [-0.05, 0) is 51.4 Å². The number of nitrogens with one attached hydrogen (secondary N) is 1. The molecule has 0 bridgehead atoms. The monoisotopic (exact) mass is 262 g/mol. The summed E-state index contributed by atoms with van der Waals surface area (Å²) in [6.45, 7) is 8.61. The second kappa shape index (κ2) is 7.39. The highest BCUT2D eigenvalue weighted by Crippen LogP contribution is 2.21. The zero-order valence-corrected chi connectivity index (χ0v) is 12.2. The quantitative estimate of drug-likeness (QED) is 0.880. The molecule has 0 radical (unpaired) electrons. The van der Waals surface area contributed by atoms with Gasteiger partial charge in [0.25, 0.3) is 0 Å². The number of likely N-dealkylation sites (tertiary alicyclic amines) is 1. The Morgan fingerprint density at radius 2 is 2.16 bits per heavy atom. The molecule has 2 rings (SSSR count). The van der Waals surface area contributed by atoms with Crippen molar-refractivity contribution < 1.29 is 4.74 Å². The molecule has 106 valence electrons. The molecule has 0 aliphatic carbocycles. The molecule has 1 N–H and O–H groups in total. The van der Waals surface area contributed by atoms with Gasteiger partial charge in [0.1, 0.15) is 5.75 Å². The highest BCUT2D eigenvalue weighted by atomic mass is 16.5. The van der Waals surface area contributed by atoms with Gasteiger partial charge >= 0.3 is 0 Å². The third kappa shape index (κ3) is 4.43. The molecule has 1 fully saturated rings. The van der Waals surface area contributed by atoms with Gasteiger partial charge in [0.2, 0.25) is 0 Å². The number of ether oxygens (including phenoxy) is 1. The van der Waals surface area contributed by atoms with E-state index in [4.69, 9.17) is 4.74 Å². The van der Waals surface area contributed by atoms with Gasteiger partial charge < -0.3 is 15.0 Å². The van der Waals surface area contributed by atoms with Crippen molar-refractivity contribution in [3.05, 3.63) is 24.3 Å². The first-order valence-electron chi connectivity index (χ1n) is 7.53. The Morgan fingerprint density at radius 3 is 2.95 bits per heavy atom. The summed E-state index contributed by atoms with van der Waals surface area (Å²) in [7, 11) is 0. The van der Waals surface area contributed by atoms with E-state index in [1.165, 1.54) is 44.6 Å². The highest BCUT2D eigenvalue weighted by molar-refractivity contribution is 5.48. The fourth-order valence-corrected chi connectivity index (χ4v) is 2.69. The Balaban J connectivity index is 1.91. The fraction of sp³-hybridized carbons (Fsp3) is 0.625. The number of hydrogen-bond acceptors (Lipinski definition) is 3. The minimum absolute atomic E-state index is 0.591. The molecule has 3 nitrogen and oxygen atoms in total. The molecule has 0 spiro atoms. The van der Waals surface area contributed by atoms with Crippen LogP contribution in [0, 0.1) is 0 Å². The van der Waals surface area contributed by atoms with E-state index in [0.717, 1.165) is 12.4 Å². The van der Waals surface area contributed by atoms with Crippen LogP contribution >= 0.6 is 0 Å². The lowest BCUT2D eigenvalue weighted by Crippen LogP contribution is -2.26. The van der Waals surface area contributed by atoms with Crippen molar-refractivity contribution in [3.8, 4) is 5.75 Å². The summed E-state index contributed by atoms with van der Waals surface area (Å²) in [6.07, 6.45) is 3.78. The van der Waals surface area contributed by atoms with Crippen molar-refractivity contribution in [3.63, 3.8) is 0 Å². The molecule has 1 aromatic carbocycles. The van der Waals surface area contributed by atoms with Gasteiger partial charge in [-0.25, -0.2) is 0 Å². The van der Waals surface area contributed by atoms with E-state index >= 15 is 0 Å². The number of rotatable bonds is 5. The lowest BCUT2D eigenvalue weighted by Gasteiger charge is -2.19. The van der Waals surface area contributed by atoms with Crippen molar-refractivity contribution >= 4 is 5.69 Å². The van der Waals surface area contributed by atoms with E-state index in [9.17, 15) is 0 Å². The second-order valence-electron chi connectivity index (χ2n) is 5.17. The SMILES string of the molecule is CCOc1cccc(NC2CCCN(CC)CC2)c1. The van der Waals surface area contributed by atoms with Crippen LogP contribution in [0.3, 0.4) is 0 Å². The zero-order chi connectivity index (χ0) is 13.5. The van der Waals surface area contributed by atoms with Crippen molar-refractivity contribution in [1.29, 1.82) is 0 Å². The van der Waals surface area contributed by atoms with Crippen LogP contribution in [0.2, 0.25) is 0 Å². The smallest absolute Gasteiger partial charge is 0.121 e. The van der Waals surface area contributed by atoms with Crippen molar-refractivity contribution in [2.75, 3.05) is 31.6 Å². The van der Waals surface area contributed by atoms with Gasteiger partial charge in [0.15, 0.2) is 0 Å². The fourth-order valence-electron chi connectivity index (χ4n) is 2.69. The molecule has 0 saturated carbocycles. The number of anilines is 1. The Kier molecular flexibility index (Phi) is 5.52. The summed E-state index contributed by atoms with van der Waals surface area (Å²) in [5, 5.41) is 3.66. The molecule has 1 unspecified atom stereocenters. The van der Waals surface area contributed by atoms with Crippen LogP contribution in [0.5, 0.6) is 5.75 Å². The van der Waals surface area contributed by atoms with E-state index in [1.807, 2.05) is 13.0 Å². The molecule has 3 heteroatoms. The third-order valence-corrected chi connectivity index (χ3v) is 3.78. The van der Waals surface area contributed by atoms with Crippen LogP contribution in [0.1, 0.15) is 33.1 Å². The topological polar surface area (TPSA) is 24.5 Å². The second-order valence-corrected chi connectivity index (χ2v) is 5.17. The van der Waals surface area contributed by atoms with Gasteiger partial charge in [-0.1, -0.05) is 13.0 Å². The highest BCUT2D eigenvalue weighted by Gasteiger charge is 2.15. The standard InChI is InChI=1S/C16H26N2O/c1-3-18-11-6-8-14(10-12-18)17-15-7-5-9-16(13-15)19-4-2/h5,7,9,13-14,17H,3-4,6,8,10-12H2,1-2H3. The predicted molar refractivity (Wildman–Crippen MR) is 81.0 cm³/mol. The number of benzene rings is 1. The van der Waals surface area contributed by atoms with Gasteiger partial charge in [0.05, 0.1) is 6.61 Å². The Hall–Kier alpha value is -1.22. The summed E-state index contributed by atoms with van der Waals surface area (Å²) in [5.41, 5.74) is 1.18. The van der Waals surface area contributed by atoms with E-state index in [1.54, 1.807) is 0 Å². The molecule has 1 aromatic rings. The zero-order valence-electron chi connectivity index (χ0n) is 12.2. The minimum Gasteiger partial charge on any atom is -0.494 e. The molecular weight excluding hydrogens is 236 g/mol. The van der Waals surface area contributed by atoms with Crippen LogP contribution in [0.25, 0.3) is 0 Å². The average Bonchev–Trinajstić information content (AvgIpc) is 2.65. The van der Waals surface area contributed by atoms with Crippen LogP contribution in [0.15, 0.2) is 24.3 Å². The van der Waals surface area contributed by atoms with E-state index in [-0.39, 0.29) is 0 Å². The molecule has 1 atom stereocenters. The van der Waals surface area contributed by atoms with Crippen molar-refractivity contribution in [1.82, 2.24) is 4.90 Å². The largest absolute Gasteiger partial charge is 0.494 e. The number of nitrogens with zero attached hydrogens (tertiary/aromatic N) is 1. The Labute approximate surface area is 116 Å². The van der Waals surface area contributed by atoms with Gasteiger partial charge in [0, 0.05) is 24.3 Å². The van der Waals surface area contributed by atoms with Crippen LogP contribution in [0.4, 0.5) is 5.69 Å². The molecule has 1 saturated heterocycles. The molecule has 0 amide bonds. The van der Waals surface area contributed by atoms with E-state index in [2.05, 4.69) is 35.3 Å². The maximum Gasteiger partial charge on any atom is 0.121 e. The summed E-state index contributed by atoms with van der Waals surface area (Å²) >= 11 is 0. The predicted octanol–water partition coefficient (Wildman–Crippen LogP) is 3.37. The molecular formula is C16H26N2O. The molecule has 1 heterocycles. The summed E-state index contributed by atoms with van der Waals surface area (Å²) in [5.74, 6) is 0.955. The number of hydrogen-bond donors (Lipinski definition) is 1. The normalized spacial score (nSPS) is 20.8. The first-order chi connectivity index (χ1) is 9.31. The van der Waals surface area contributed by atoms with Gasteiger partial charge in [-0.15, -0.1) is 0 Å². The summed E-state index contributed by atoms with van der Waals surface area (Å²) in [6, 6.07) is 8.90. The maximum absolute atomic E-state index is 5.55. The van der Waals surface area contributed by atoms with Crippen molar-refractivity contribution in [2.45, 2.75) is 39.2 Å². The van der Waals surface area contributed by atoms with Crippen LogP contribution in [-0.4, -0.2) is 37.2 Å². The van der Waals surface area contributed by atoms with Gasteiger partial charge in [-0.2, -0.15) is 0 Å². The average molecular weight is 262 g/mol. The lowest BCUT2D eigenvalue weighted by atomic mass is 10.1. The molecule has 0 aromatic heterocycles. The van der Waals surface area contributed by atoms with Gasteiger partial charge in [-0.3, -0.25) is 0 Å². The van der Waals surface area contributed by atoms with E-state index in [0.29, 0.717) is 6.04 Å². The molecule has 1 aliphatic heterocycles. The minimum atomic E-state index is 0.591. The third-order valence-electron chi connectivity index (χ3n) is 3.78. The van der Waals surface area contributed by atoms with Crippen LogP contribution < -0.4 is 10.1 Å². The van der Waals surface area contributed by atoms with Crippen molar-refractivity contribution in [2.24, 2.45) is 0 Å².